The van der Waals surface area contributed by atoms with Crippen molar-refractivity contribution < 1.29 is 68.6 Å². The largest absolute Gasteiger partial charge is 0.458 e. The fourth-order valence-corrected chi connectivity index (χ4v) is 12.9. The van der Waals surface area contributed by atoms with Gasteiger partial charge in [-0.3, -0.25) is 0 Å². The van der Waals surface area contributed by atoms with Gasteiger partial charge in [-0.25, -0.2) is 4.79 Å². The first kappa shape index (κ1) is 40.5. The molecule has 0 spiro atoms. The highest BCUT2D eigenvalue weighted by molar-refractivity contribution is 5.85. The Hall–Kier alpha value is -1.27. The summed E-state index contributed by atoms with van der Waals surface area (Å²) < 4.78 is 42.1. The second kappa shape index (κ2) is 15.1. The molecular weight excluding hydrogens is 716 g/mol. The summed E-state index contributed by atoms with van der Waals surface area (Å²) in [5, 5.41) is 66.3. The van der Waals surface area contributed by atoms with E-state index in [1.165, 1.54) is 6.08 Å². The van der Waals surface area contributed by atoms with Gasteiger partial charge in [-0.1, -0.05) is 13.8 Å². The number of cyclic esters (lactones) is 1. The average Bonchev–Trinajstić information content (AvgIpc) is 3.62. The van der Waals surface area contributed by atoms with E-state index in [4.69, 9.17) is 33.2 Å². The molecular formula is C41H64O14. The van der Waals surface area contributed by atoms with E-state index >= 15 is 0 Å². The molecule has 0 radical (unpaired) electrons. The summed E-state index contributed by atoms with van der Waals surface area (Å²) in [6, 6.07) is 0. The zero-order valence-corrected chi connectivity index (χ0v) is 32.9. The molecule has 4 heterocycles. The van der Waals surface area contributed by atoms with Gasteiger partial charge in [0.15, 0.2) is 18.9 Å². The molecule has 5 unspecified atom stereocenters. The fourth-order valence-electron chi connectivity index (χ4n) is 12.9. The van der Waals surface area contributed by atoms with Crippen LogP contribution < -0.4 is 0 Å². The third kappa shape index (κ3) is 7.05. The molecule has 21 atom stereocenters. The molecule has 312 valence electrons. The van der Waals surface area contributed by atoms with Crippen molar-refractivity contribution >= 4 is 5.97 Å². The topological polar surface area (TPSA) is 203 Å². The highest BCUT2D eigenvalue weighted by Gasteiger charge is 2.70. The third-order valence-electron chi connectivity index (χ3n) is 15.8. The number of carbonyl (C=O) groups excluding carboxylic acids is 1. The summed E-state index contributed by atoms with van der Waals surface area (Å²) in [7, 11) is 0. The molecule has 4 aliphatic heterocycles. The minimum atomic E-state index is -1.01. The van der Waals surface area contributed by atoms with Crippen molar-refractivity contribution in [2.45, 2.75) is 197 Å². The third-order valence-corrected chi connectivity index (χ3v) is 15.8. The molecule has 0 bridgehead atoms. The van der Waals surface area contributed by atoms with Gasteiger partial charge in [-0.15, -0.1) is 0 Å². The first-order valence-electron chi connectivity index (χ1n) is 20.9. The van der Waals surface area contributed by atoms with Crippen LogP contribution in [0, 0.1) is 34.5 Å². The van der Waals surface area contributed by atoms with Crippen molar-refractivity contribution in [3.8, 4) is 0 Å². The van der Waals surface area contributed by atoms with Crippen LogP contribution in [0.3, 0.4) is 0 Å². The van der Waals surface area contributed by atoms with Crippen LogP contribution >= 0.6 is 0 Å². The average molecular weight is 781 g/mol. The number of rotatable bonds is 7. The number of aliphatic hydroxyl groups excluding tert-OH is 5. The van der Waals surface area contributed by atoms with Gasteiger partial charge in [0.05, 0.1) is 54.4 Å². The predicted octanol–water partition coefficient (Wildman–Crippen LogP) is 2.22. The molecule has 6 N–H and O–H groups in total. The van der Waals surface area contributed by atoms with Crippen molar-refractivity contribution in [3.63, 3.8) is 0 Å². The molecule has 0 aromatic carbocycles. The quantitative estimate of drug-likeness (QED) is 0.162. The summed E-state index contributed by atoms with van der Waals surface area (Å²) >= 11 is 0. The Bertz CT molecular complexity index is 1410. The van der Waals surface area contributed by atoms with E-state index in [1.54, 1.807) is 13.8 Å². The molecule has 0 aromatic heterocycles. The summed E-state index contributed by atoms with van der Waals surface area (Å²) in [4.78, 5) is 12.0. The standard InChI is InChI=1S/C41H64O14/c1-19-36(47)27(42)14-33(50-19)54-38-21(3)52-34(16-29(38)44)55-37-20(2)51-32(15-28(37)43)53-24-8-10-39(4)23(13-24)6-7-26-25(39)9-11-40(5)35(22-12-31(46)49-18-22)30(45)17-41(26,40)48/h12,19-21,23-30,32-38,42-45,47-48H,6-11,13-18H2,1-5H3/t19-,20-,21-,23-,24+,25?,26-,27+,28+,29+,30+,32+,33?,34?,35+,36-,37?,38?,39+,40-,41+/m1/s1. The van der Waals surface area contributed by atoms with Crippen molar-refractivity contribution in [2.24, 2.45) is 34.5 Å². The molecule has 8 aliphatic rings. The van der Waals surface area contributed by atoms with Gasteiger partial charge in [0.2, 0.25) is 0 Å². The van der Waals surface area contributed by atoms with Crippen LogP contribution in [0.25, 0.3) is 0 Å². The first-order chi connectivity index (χ1) is 26.0. The number of fused-ring (bicyclic) bond motifs is 5. The second-order valence-corrected chi connectivity index (χ2v) is 18.9. The molecule has 14 nitrogen and oxygen atoms in total. The van der Waals surface area contributed by atoms with Crippen molar-refractivity contribution in [1.82, 2.24) is 0 Å². The van der Waals surface area contributed by atoms with Crippen LogP contribution in [0.15, 0.2) is 11.6 Å². The van der Waals surface area contributed by atoms with E-state index in [2.05, 4.69) is 13.8 Å². The van der Waals surface area contributed by atoms with E-state index in [1.807, 2.05) is 6.92 Å². The van der Waals surface area contributed by atoms with Crippen LogP contribution in [0.5, 0.6) is 0 Å². The maximum Gasteiger partial charge on any atom is 0.331 e. The fraction of sp³-hybridized carbons (Fsp3) is 0.927. The number of hydrogen-bond donors (Lipinski definition) is 6. The Balaban J connectivity index is 0.834. The Kier molecular flexibility index (Phi) is 11.1. The van der Waals surface area contributed by atoms with E-state index in [-0.39, 0.29) is 55.2 Å². The van der Waals surface area contributed by atoms with Gasteiger partial charge >= 0.3 is 5.97 Å². The monoisotopic (exact) mass is 780 g/mol. The molecule has 0 amide bonds. The highest BCUT2D eigenvalue weighted by atomic mass is 16.7. The minimum Gasteiger partial charge on any atom is -0.458 e. The Morgan fingerprint density at radius 2 is 1.29 bits per heavy atom. The van der Waals surface area contributed by atoms with E-state index in [0.29, 0.717) is 18.3 Å². The molecule has 4 aliphatic carbocycles. The van der Waals surface area contributed by atoms with Gasteiger partial charge in [-0.2, -0.15) is 0 Å². The molecule has 4 saturated carbocycles. The summed E-state index contributed by atoms with van der Waals surface area (Å²) in [6.45, 7) is 9.98. The normalized spacial score (nSPS) is 55.5. The summed E-state index contributed by atoms with van der Waals surface area (Å²) in [5.41, 5.74) is -0.686. The SMILES string of the molecule is C[C@H]1OC(OC2[C@@H](O)C[C@H](O[C@H]3CC[C@]4(C)C5CC[C@]6(C)[C@@H](C7=CC(=O)OC7)[C@@H](O)C[C@]6(O)[C@@H]5CC[C@@H]4C3)O[C@@H]2C)C[C@H](O)C1OC1C[C@H](O)[C@H](O)[C@@H](C)O1. The van der Waals surface area contributed by atoms with Crippen LogP contribution in [-0.4, -0.2) is 135 Å². The zero-order chi connectivity index (χ0) is 39.2. The molecule has 7 fully saturated rings. The molecule has 0 aromatic rings. The lowest BCUT2D eigenvalue weighted by molar-refractivity contribution is -0.336. The second-order valence-electron chi connectivity index (χ2n) is 18.9. The smallest absolute Gasteiger partial charge is 0.331 e. The lowest BCUT2D eigenvalue weighted by Gasteiger charge is -2.63. The van der Waals surface area contributed by atoms with Gasteiger partial charge in [0.25, 0.3) is 0 Å². The lowest BCUT2D eigenvalue weighted by Crippen LogP contribution is -2.62. The maximum atomic E-state index is 12.6. The van der Waals surface area contributed by atoms with Gasteiger partial charge in [0, 0.05) is 43.1 Å². The Morgan fingerprint density at radius 1 is 0.691 bits per heavy atom. The minimum absolute atomic E-state index is 0.0203. The van der Waals surface area contributed by atoms with Crippen LogP contribution in [0.4, 0.5) is 0 Å². The van der Waals surface area contributed by atoms with E-state index < -0.39 is 90.9 Å². The van der Waals surface area contributed by atoms with E-state index in [0.717, 1.165) is 50.5 Å². The maximum absolute atomic E-state index is 12.6. The van der Waals surface area contributed by atoms with Crippen LogP contribution in [-0.2, 0) is 38.0 Å². The zero-order valence-electron chi connectivity index (χ0n) is 32.9. The molecule has 55 heavy (non-hydrogen) atoms. The summed E-state index contributed by atoms with van der Waals surface area (Å²) in [5.74, 6) is 0.174. The van der Waals surface area contributed by atoms with Gasteiger partial charge in [-0.05, 0) is 94.5 Å². The number of hydrogen-bond acceptors (Lipinski definition) is 14. The number of carbonyl (C=O) groups is 1. The number of esters is 1. The summed E-state index contributed by atoms with van der Waals surface area (Å²) in [6.07, 6.45) is -1.26. The Morgan fingerprint density at radius 3 is 1.87 bits per heavy atom. The highest BCUT2D eigenvalue weighted by Crippen LogP contribution is 2.70. The van der Waals surface area contributed by atoms with E-state index in [9.17, 15) is 35.4 Å². The van der Waals surface area contributed by atoms with Crippen molar-refractivity contribution in [2.75, 3.05) is 6.61 Å². The first-order valence-corrected chi connectivity index (χ1v) is 20.9. The van der Waals surface area contributed by atoms with Crippen LogP contribution in [0.1, 0.15) is 105 Å². The predicted molar refractivity (Wildman–Crippen MR) is 193 cm³/mol. The number of aliphatic hydroxyl groups is 6. The van der Waals surface area contributed by atoms with Gasteiger partial charge in [0.1, 0.15) is 24.9 Å². The van der Waals surface area contributed by atoms with Gasteiger partial charge < -0.3 is 63.8 Å². The molecule has 8 rings (SSSR count). The molecule has 3 saturated heterocycles. The number of ether oxygens (including phenoxy) is 7. The van der Waals surface area contributed by atoms with Crippen LogP contribution in [0.2, 0.25) is 0 Å². The lowest BCUT2D eigenvalue weighted by atomic mass is 9.43. The van der Waals surface area contributed by atoms with Crippen molar-refractivity contribution in [1.29, 1.82) is 0 Å². The molecule has 14 heteroatoms. The van der Waals surface area contributed by atoms with Crippen molar-refractivity contribution in [3.05, 3.63) is 11.6 Å². The Labute approximate surface area is 323 Å².